The van der Waals surface area contributed by atoms with Crippen LogP contribution in [0.25, 0.3) is 0 Å². The zero-order valence-corrected chi connectivity index (χ0v) is 22.4. The van der Waals surface area contributed by atoms with Crippen LogP contribution in [0.5, 0.6) is 5.75 Å². The van der Waals surface area contributed by atoms with Gasteiger partial charge >= 0.3 is 17.3 Å². The fourth-order valence-electron chi connectivity index (χ4n) is 3.69. The third-order valence-corrected chi connectivity index (χ3v) is 6.58. The molecule has 2 atom stereocenters. The normalized spacial score (nSPS) is 13.1. The number of hydrogen-bond acceptors (Lipinski definition) is 5. The summed E-state index contributed by atoms with van der Waals surface area (Å²) in [5.41, 5.74) is 1.13. The van der Waals surface area contributed by atoms with Gasteiger partial charge in [0.2, 0.25) is 0 Å². The predicted octanol–water partition coefficient (Wildman–Crippen LogP) is 7.94. The van der Waals surface area contributed by atoms with E-state index in [-0.39, 0.29) is 12.1 Å². The van der Waals surface area contributed by atoms with Gasteiger partial charge in [0.25, 0.3) is 0 Å². The Kier molecular flexibility index (Phi) is 18.5. The van der Waals surface area contributed by atoms with Crippen LogP contribution in [0.2, 0.25) is 0 Å². The van der Waals surface area contributed by atoms with Crippen LogP contribution in [-0.4, -0.2) is 23.4 Å². The van der Waals surface area contributed by atoms with Gasteiger partial charge < -0.3 is 8.92 Å². The molecule has 0 amide bonds. The molecule has 0 spiro atoms. The van der Waals surface area contributed by atoms with Crippen LogP contribution >= 0.6 is 0 Å². The minimum Gasteiger partial charge on any atom is -0.469 e. The molecule has 34 heavy (non-hydrogen) atoms. The SMILES string of the molecule is CCCCCCC(CC=CCCCCCCCCCC(=O)OC)OS(=O)Oc1ccc(C)cc1. The van der Waals surface area contributed by atoms with Crippen molar-refractivity contribution < 1.29 is 22.1 Å². The van der Waals surface area contributed by atoms with Crippen LogP contribution in [0.15, 0.2) is 36.4 Å². The van der Waals surface area contributed by atoms with E-state index in [4.69, 9.17) is 8.37 Å². The molecule has 0 radical (unpaired) electrons. The molecule has 0 bridgehead atoms. The third kappa shape index (κ3) is 16.9. The van der Waals surface area contributed by atoms with E-state index in [1.807, 2.05) is 31.2 Å². The maximum absolute atomic E-state index is 12.4. The van der Waals surface area contributed by atoms with Crippen molar-refractivity contribution in [2.75, 3.05) is 7.11 Å². The van der Waals surface area contributed by atoms with Crippen LogP contribution in [0, 0.1) is 6.92 Å². The first-order valence-corrected chi connectivity index (χ1v) is 14.1. The lowest BCUT2D eigenvalue weighted by atomic mass is 10.1. The number of carbonyl (C=O) groups excluding carboxylic acids is 1. The second-order valence-corrected chi connectivity index (χ2v) is 9.73. The number of aryl methyl sites for hydroxylation is 1. The molecule has 1 aromatic rings. The first-order valence-electron chi connectivity index (χ1n) is 13.1. The lowest BCUT2D eigenvalue weighted by Crippen LogP contribution is -2.17. The number of carbonyl (C=O) groups is 1. The van der Waals surface area contributed by atoms with Gasteiger partial charge in [-0.2, -0.15) is 4.21 Å². The topological polar surface area (TPSA) is 61.8 Å². The molecule has 5 nitrogen and oxygen atoms in total. The zero-order chi connectivity index (χ0) is 24.9. The van der Waals surface area contributed by atoms with Gasteiger partial charge in [0.1, 0.15) is 5.75 Å². The van der Waals surface area contributed by atoms with Crippen molar-refractivity contribution in [3.8, 4) is 5.75 Å². The van der Waals surface area contributed by atoms with Crippen molar-refractivity contribution in [3.05, 3.63) is 42.0 Å². The highest BCUT2D eigenvalue weighted by atomic mass is 32.2. The first-order chi connectivity index (χ1) is 16.5. The third-order valence-electron chi connectivity index (χ3n) is 5.82. The van der Waals surface area contributed by atoms with Gasteiger partial charge in [-0.25, -0.2) is 0 Å². The fraction of sp³-hybridized carbons (Fsp3) is 0.679. The van der Waals surface area contributed by atoms with Gasteiger partial charge in [-0.1, -0.05) is 94.6 Å². The van der Waals surface area contributed by atoms with E-state index in [0.29, 0.717) is 12.2 Å². The van der Waals surface area contributed by atoms with Crippen LogP contribution < -0.4 is 4.18 Å². The lowest BCUT2D eigenvalue weighted by Gasteiger charge is -2.15. The van der Waals surface area contributed by atoms with E-state index < -0.39 is 11.4 Å². The van der Waals surface area contributed by atoms with E-state index >= 15 is 0 Å². The molecule has 0 fully saturated rings. The molecule has 0 aliphatic heterocycles. The average molecular weight is 495 g/mol. The van der Waals surface area contributed by atoms with E-state index in [1.54, 1.807) is 0 Å². The van der Waals surface area contributed by atoms with Crippen molar-refractivity contribution >= 4 is 17.3 Å². The van der Waals surface area contributed by atoms with Crippen molar-refractivity contribution in [1.29, 1.82) is 0 Å². The second kappa shape index (κ2) is 20.7. The van der Waals surface area contributed by atoms with E-state index in [1.165, 1.54) is 58.5 Å². The van der Waals surface area contributed by atoms with Crippen LogP contribution in [0.4, 0.5) is 0 Å². The number of rotatable bonds is 21. The number of allylic oxidation sites excluding steroid dienone is 1. The minimum atomic E-state index is -1.79. The predicted molar refractivity (Wildman–Crippen MR) is 141 cm³/mol. The Morgan fingerprint density at radius 3 is 2.24 bits per heavy atom. The standard InChI is InChI=1S/C28H46O5S/c1-4-5-6-15-18-26(32-34(30)33-27-23-21-25(2)22-24-27)19-16-13-11-9-7-8-10-12-14-17-20-28(29)31-3/h13,16,21-24,26H,4-12,14-15,17-20H2,1-3H3. The number of unbranched alkanes of at least 4 members (excludes halogenated alkanes) is 10. The van der Waals surface area contributed by atoms with Gasteiger partial charge in [0.05, 0.1) is 13.2 Å². The number of hydrogen-bond donors (Lipinski definition) is 0. The largest absolute Gasteiger partial charge is 0.469 e. The summed E-state index contributed by atoms with van der Waals surface area (Å²) in [6.45, 7) is 4.21. The maximum Gasteiger partial charge on any atom is 0.360 e. The van der Waals surface area contributed by atoms with Gasteiger partial charge in [0, 0.05) is 6.42 Å². The Labute approximate surface area is 210 Å². The molecule has 0 aliphatic carbocycles. The van der Waals surface area contributed by atoms with Gasteiger partial charge in [-0.05, 0) is 51.2 Å². The lowest BCUT2D eigenvalue weighted by molar-refractivity contribution is -0.140. The zero-order valence-electron chi connectivity index (χ0n) is 21.6. The summed E-state index contributed by atoms with van der Waals surface area (Å²) in [5, 5.41) is 0. The van der Waals surface area contributed by atoms with Crippen molar-refractivity contribution in [3.63, 3.8) is 0 Å². The maximum atomic E-state index is 12.4. The van der Waals surface area contributed by atoms with E-state index in [0.717, 1.165) is 44.1 Å². The monoisotopic (exact) mass is 494 g/mol. The molecule has 0 aliphatic rings. The summed E-state index contributed by atoms with van der Waals surface area (Å²) in [5.74, 6) is 0.457. The highest BCUT2D eigenvalue weighted by Crippen LogP contribution is 2.18. The molecule has 194 valence electrons. The first kappa shape index (κ1) is 30.4. The summed E-state index contributed by atoms with van der Waals surface area (Å²) >= 11 is -1.79. The van der Waals surface area contributed by atoms with Gasteiger partial charge in [-0.15, -0.1) is 0 Å². The number of ether oxygens (including phenoxy) is 1. The second-order valence-electron chi connectivity index (χ2n) is 8.96. The fourth-order valence-corrected chi connectivity index (χ4v) is 4.40. The molecule has 0 aromatic heterocycles. The molecule has 6 heteroatoms. The Hall–Kier alpha value is -1.66. The molecule has 0 saturated carbocycles. The molecule has 2 unspecified atom stereocenters. The van der Waals surface area contributed by atoms with Gasteiger partial charge in [-0.3, -0.25) is 8.98 Å². The molecule has 0 N–H and O–H groups in total. The summed E-state index contributed by atoms with van der Waals surface area (Å²) < 4.78 is 28.2. The smallest absolute Gasteiger partial charge is 0.360 e. The molecule has 1 rings (SSSR count). The van der Waals surface area contributed by atoms with E-state index in [9.17, 15) is 9.00 Å². The average Bonchev–Trinajstić information content (AvgIpc) is 2.83. The summed E-state index contributed by atoms with van der Waals surface area (Å²) in [6.07, 6.45) is 20.3. The molecule has 1 aromatic carbocycles. The molecular formula is C28H46O5S. The number of esters is 1. The van der Waals surface area contributed by atoms with Crippen molar-refractivity contribution in [2.45, 2.75) is 116 Å². The molecular weight excluding hydrogens is 448 g/mol. The Morgan fingerprint density at radius 1 is 0.912 bits per heavy atom. The summed E-state index contributed by atoms with van der Waals surface area (Å²) in [4.78, 5) is 11.1. The Balaban J connectivity index is 2.23. The summed E-state index contributed by atoms with van der Waals surface area (Å²) in [7, 11) is 1.44. The van der Waals surface area contributed by atoms with Crippen LogP contribution in [-0.2, 0) is 25.1 Å². The van der Waals surface area contributed by atoms with Crippen LogP contribution in [0.3, 0.4) is 0 Å². The number of methoxy groups -OCH3 is 1. The number of benzene rings is 1. The minimum absolute atomic E-state index is 0.0932. The summed E-state index contributed by atoms with van der Waals surface area (Å²) in [6, 6.07) is 7.50. The van der Waals surface area contributed by atoms with E-state index in [2.05, 4.69) is 23.8 Å². The van der Waals surface area contributed by atoms with Crippen LogP contribution in [0.1, 0.15) is 109 Å². The molecule has 0 heterocycles. The highest BCUT2D eigenvalue weighted by Gasteiger charge is 2.14. The Bertz CT molecular complexity index is 687. The van der Waals surface area contributed by atoms with Crippen molar-refractivity contribution in [2.24, 2.45) is 0 Å². The highest BCUT2D eigenvalue weighted by molar-refractivity contribution is 7.75. The van der Waals surface area contributed by atoms with Crippen molar-refractivity contribution in [1.82, 2.24) is 0 Å². The molecule has 0 saturated heterocycles. The Morgan fingerprint density at radius 2 is 1.56 bits per heavy atom. The van der Waals surface area contributed by atoms with Gasteiger partial charge in [0.15, 0.2) is 0 Å². The quantitative estimate of drug-likeness (QED) is 0.0986.